The molecule has 2 rings (SSSR count). The topological polar surface area (TPSA) is 33.1 Å². The van der Waals surface area contributed by atoms with Gasteiger partial charge in [-0.05, 0) is 18.8 Å². The molecular formula is C10H15NOS. The molecule has 1 aliphatic rings. The number of aliphatic hydroxyl groups is 1. The molecule has 1 fully saturated rings. The molecular weight excluding hydrogens is 182 g/mol. The number of thiazole rings is 1. The van der Waals surface area contributed by atoms with E-state index in [-0.39, 0.29) is 6.61 Å². The Balaban J connectivity index is 2.33. The van der Waals surface area contributed by atoms with E-state index in [4.69, 9.17) is 5.11 Å². The van der Waals surface area contributed by atoms with Gasteiger partial charge in [0.2, 0.25) is 0 Å². The highest BCUT2D eigenvalue weighted by Crippen LogP contribution is 2.44. The van der Waals surface area contributed by atoms with Crippen molar-refractivity contribution in [3.8, 4) is 0 Å². The van der Waals surface area contributed by atoms with Crippen molar-refractivity contribution in [2.75, 3.05) is 0 Å². The van der Waals surface area contributed by atoms with Crippen molar-refractivity contribution < 1.29 is 5.11 Å². The fourth-order valence-corrected chi connectivity index (χ4v) is 2.54. The van der Waals surface area contributed by atoms with Crippen LogP contribution in [0.3, 0.4) is 0 Å². The Labute approximate surface area is 82.6 Å². The standard InChI is InChI=1S/C10H15NOS/c1-6(2)10-9(7-3-4-7)11-8(5-12)13-10/h6-7,12H,3-5H2,1-2H3. The normalized spacial score (nSPS) is 16.9. The zero-order valence-corrected chi connectivity index (χ0v) is 8.90. The maximum Gasteiger partial charge on any atom is 0.119 e. The van der Waals surface area contributed by atoms with E-state index in [1.807, 2.05) is 0 Å². The van der Waals surface area contributed by atoms with Crippen LogP contribution in [0.15, 0.2) is 0 Å². The summed E-state index contributed by atoms with van der Waals surface area (Å²) in [5.41, 5.74) is 1.27. The molecule has 72 valence electrons. The predicted octanol–water partition coefficient (Wildman–Crippen LogP) is 2.64. The summed E-state index contributed by atoms with van der Waals surface area (Å²) >= 11 is 1.67. The molecule has 3 heteroatoms. The molecule has 0 aromatic carbocycles. The van der Waals surface area contributed by atoms with E-state index in [2.05, 4.69) is 18.8 Å². The van der Waals surface area contributed by atoms with Crippen molar-refractivity contribution in [2.24, 2.45) is 0 Å². The predicted molar refractivity (Wildman–Crippen MR) is 54.1 cm³/mol. The molecule has 0 radical (unpaired) electrons. The first-order chi connectivity index (χ1) is 6.22. The van der Waals surface area contributed by atoms with E-state index >= 15 is 0 Å². The molecule has 1 saturated carbocycles. The largest absolute Gasteiger partial charge is 0.389 e. The summed E-state index contributed by atoms with van der Waals surface area (Å²) < 4.78 is 0. The zero-order valence-electron chi connectivity index (χ0n) is 8.08. The first-order valence-corrected chi connectivity index (χ1v) is 5.64. The van der Waals surface area contributed by atoms with Gasteiger partial charge >= 0.3 is 0 Å². The fraction of sp³-hybridized carbons (Fsp3) is 0.700. The van der Waals surface area contributed by atoms with Gasteiger partial charge in [-0.25, -0.2) is 4.98 Å². The molecule has 0 unspecified atom stereocenters. The van der Waals surface area contributed by atoms with Crippen molar-refractivity contribution in [1.29, 1.82) is 0 Å². The Morgan fingerprint density at radius 3 is 2.69 bits per heavy atom. The second-order valence-corrected chi connectivity index (χ2v) is 5.06. The Morgan fingerprint density at radius 1 is 1.54 bits per heavy atom. The van der Waals surface area contributed by atoms with Gasteiger partial charge in [0.15, 0.2) is 0 Å². The summed E-state index contributed by atoms with van der Waals surface area (Å²) in [6.07, 6.45) is 2.57. The van der Waals surface area contributed by atoms with E-state index in [1.165, 1.54) is 23.4 Å². The van der Waals surface area contributed by atoms with Gasteiger partial charge in [0.25, 0.3) is 0 Å². The first kappa shape index (κ1) is 9.16. The highest BCUT2D eigenvalue weighted by atomic mass is 32.1. The van der Waals surface area contributed by atoms with Crippen LogP contribution >= 0.6 is 11.3 Å². The van der Waals surface area contributed by atoms with Crippen LogP contribution in [-0.2, 0) is 6.61 Å². The minimum atomic E-state index is 0.0944. The number of hydrogen-bond acceptors (Lipinski definition) is 3. The van der Waals surface area contributed by atoms with E-state index in [1.54, 1.807) is 11.3 Å². The summed E-state index contributed by atoms with van der Waals surface area (Å²) in [4.78, 5) is 5.86. The van der Waals surface area contributed by atoms with Crippen LogP contribution in [0, 0.1) is 0 Å². The molecule has 0 aliphatic heterocycles. The van der Waals surface area contributed by atoms with Gasteiger partial charge in [0.1, 0.15) is 5.01 Å². The lowest BCUT2D eigenvalue weighted by atomic mass is 10.1. The third-order valence-electron chi connectivity index (χ3n) is 2.35. The summed E-state index contributed by atoms with van der Waals surface area (Å²) in [5, 5.41) is 9.89. The van der Waals surface area contributed by atoms with Crippen LogP contribution in [0.2, 0.25) is 0 Å². The summed E-state index contributed by atoms with van der Waals surface area (Å²) in [5.74, 6) is 1.25. The molecule has 0 amide bonds. The molecule has 2 nitrogen and oxygen atoms in total. The number of rotatable bonds is 3. The lowest BCUT2D eigenvalue weighted by Gasteiger charge is -2.02. The molecule has 0 spiro atoms. The van der Waals surface area contributed by atoms with Gasteiger partial charge in [-0.3, -0.25) is 0 Å². The van der Waals surface area contributed by atoms with E-state index in [9.17, 15) is 0 Å². The van der Waals surface area contributed by atoms with Crippen molar-refractivity contribution >= 4 is 11.3 Å². The summed E-state index contributed by atoms with van der Waals surface area (Å²) in [6.45, 7) is 4.48. The molecule has 0 bridgehead atoms. The molecule has 0 saturated heterocycles. The third kappa shape index (κ3) is 1.76. The highest BCUT2D eigenvalue weighted by Gasteiger charge is 2.30. The third-order valence-corrected chi connectivity index (χ3v) is 3.71. The number of nitrogens with zero attached hydrogens (tertiary/aromatic N) is 1. The van der Waals surface area contributed by atoms with Gasteiger partial charge in [-0.15, -0.1) is 11.3 Å². The van der Waals surface area contributed by atoms with Crippen LogP contribution in [0.1, 0.15) is 54.1 Å². The van der Waals surface area contributed by atoms with Crippen molar-refractivity contribution in [2.45, 2.75) is 45.1 Å². The Morgan fingerprint density at radius 2 is 2.23 bits per heavy atom. The first-order valence-electron chi connectivity index (χ1n) is 4.82. The summed E-state index contributed by atoms with van der Waals surface area (Å²) in [6, 6.07) is 0. The Bertz CT molecular complexity index is 282. The monoisotopic (exact) mass is 197 g/mol. The quantitative estimate of drug-likeness (QED) is 0.808. The lowest BCUT2D eigenvalue weighted by molar-refractivity contribution is 0.281. The maximum absolute atomic E-state index is 9.01. The molecule has 1 N–H and O–H groups in total. The van der Waals surface area contributed by atoms with Crippen molar-refractivity contribution in [1.82, 2.24) is 4.98 Å². The highest BCUT2D eigenvalue weighted by molar-refractivity contribution is 7.11. The molecule has 13 heavy (non-hydrogen) atoms. The minimum absolute atomic E-state index is 0.0944. The van der Waals surface area contributed by atoms with E-state index < -0.39 is 0 Å². The number of hydrogen-bond donors (Lipinski definition) is 1. The smallest absolute Gasteiger partial charge is 0.119 e. The maximum atomic E-state index is 9.01. The average molecular weight is 197 g/mol. The zero-order chi connectivity index (χ0) is 9.42. The Hall–Kier alpha value is -0.410. The van der Waals surface area contributed by atoms with Crippen LogP contribution in [0.4, 0.5) is 0 Å². The minimum Gasteiger partial charge on any atom is -0.389 e. The fourth-order valence-electron chi connectivity index (χ4n) is 1.52. The number of aromatic nitrogens is 1. The Kier molecular flexibility index (Phi) is 2.39. The molecule has 1 aliphatic carbocycles. The van der Waals surface area contributed by atoms with Crippen LogP contribution in [0.5, 0.6) is 0 Å². The van der Waals surface area contributed by atoms with Gasteiger partial charge < -0.3 is 5.11 Å². The van der Waals surface area contributed by atoms with E-state index in [0.717, 1.165) is 5.01 Å². The number of aliphatic hydroxyl groups excluding tert-OH is 1. The van der Waals surface area contributed by atoms with Crippen molar-refractivity contribution in [3.05, 3.63) is 15.6 Å². The summed E-state index contributed by atoms with van der Waals surface area (Å²) in [7, 11) is 0. The van der Waals surface area contributed by atoms with Crippen LogP contribution in [0.25, 0.3) is 0 Å². The van der Waals surface area contributed by atoms with Gasteiger partial charge in [0, 0.05) is 10.8 Å². The van der Waals surface area contributed by atoms with Gasteiger partial charge in [-0.1, -0.05) is 13.8 Å². The molecule has 1 heterocycles. The van der Waals surface area contributed by atoms with Crippen molar-refractivity contribution in [3.63, 3.8) is 0 Å². The molecule has 0 atom stereocenters. The van der Waals surface area contributed by atoms with E-state index in [0.29, 0.717) is 11.8 Å². The SMILES string of the molecule is CC(C)c1sc(CO)nc1C1CC1. The second-order valence-electron chi connectivity index (χ2n) is 3.94. The van der Waals surface area contributed by atoms with Gasteiger partial charge in [0.05, 0.1) is 12.3 Å². The van der Waals surface area contributed by atoms with Crippen LogP contribution < -0.4 is 0 Å². The average Bonchev–Trinajstić information content (AvgIpc) is 2.84. The lowest BCUT2D eigenvalue weighted by Crippen LogP contribution is -1.90. The second kappa shape index (κ2) is 3.39. The van der Waals surface area contributed by atoms with Crippen LogP contribution in [-0.4, -0.2) is 10.1 Å². The van der Waals surface area contributed by atoms with Gasteiger partial charge in [-0.2, -0.15) is 0 Å². The molecule has 1 aromatic heterocycles. The molecule has 1 aromatic rings.